The molecule has 0 aliphatic carbocycles. The Balaban J connectivity index is 1.69. The molecule has 6 nitrogen and oxygen atoms in total. The molecule has 0 atom stereocenters. The number of amides is 2. The first-order valence-electron chi connectivity index (χ1n) is 8.14. The van der Waals surface area contributed by atoms with Crippen LogP contribution < -0.4 is 10.6 Å². The van der Waals surface area contributed by atoms with E-state index in [1.165, 1.54) is 11.8 Å². The highest BCUT2D eigenvalue weighted by Gasteiger charge is 2.09. The lowest BCUT2D eigenvalue weighted by Crippen LogP contribution is -2.21. The summed E-state index contributed by atoms with van der Waals surface area (Å²) < 4.78 is 4.96. The number of benzene rings is 2. The highest BCUT2D eigenvalue weighted by molar-refractivity contribution is 7.99. The molecule has 0 bridgehead atoms. The zero-order chi connectivity index (χ0) is 19.6. The summed E-state index contributed by atoms with van der Waals surface area (Å²) in [5.41, 5.74) is 0.996. The summed E-state index contributed by atoms with van der Waals surface area (Å²) in [6.07, 6.45) is 0.171. The molecule has 2 aromatic carbocycles. The number of nitrogens with one attached hydrogen (secondary N) is 2. The van der Waals surface area contributed by atoms with Gasteiger partial charge in [0, 0.05) is 28.9 Å². The van der Waals surface area contributed by atoms with Gasteiger partial charge in [-0.2, -0.15) is 0 Å². The zero-order valence-corrected chi connectivity index (χ0v) is 16.2. The van der Waals surface area contributed by atoms with E-state index >= 15 is 0 Å². The molecular formula is C19H19ClN2O4S. The fraction of sp³-hybridized carbons (Fsp3) is 0.211. The number of rotatable bonds is 8. The van der Waals surface area contributed by atoms with Crippen molar-refractivity contribution in [1.82, 2.24) is 5.32 Å². The fourth-order valence-corrected chi connectivity index (χ4v) is 3.24. The van der Waals surface area contributed by atoms with E-state index in [0.717, 1.165) is 4.90 Å². The van der Waals surface area contributed by atoms with Gasteiger partial charge in [0.25, 0.3) is 11.8 Å². The molecule has 2 rings (SSSR count). The van der Waals surface area contributed by atoms with Crippen LogP contribution in [0.5, 0.6) is 0 Å². The van der Waals surface area contributed by atoms with Crippen molar-refractivity contribution in [3.63, 3.8) is 0 Å². The van der Waals surface area contributed by atoms with Crippen molar-refractivity contribution in [2.45, 2.75) is 11.3 Å². The fourth-order valence-electron chi connectivity index (χ4n) is 2.07. The molecule has 0 heterocycles. The van der Waals surface area contributed by atoms with Crippen molar-refractivity contribution in [2.75, 3.05) is 24.7 Å². The average Bonchev–Trinajstić information content (AvgIpc) is 2.68. The Labute approximate surface area is 166 Å². The molecule has 0 radical (unpaired) electrons. The second-order valence-corrected chi connectivity index (χ2v) is 6.94. The van der Waals surface area contributed by atoms with Gasteiger partial charge in [-0.25, -0.2) is 0 Å². The molecule has 0 aliphatic rings. The van der Waals surface area contributed by atoms with Gasteiger partial charge < -0.3 is 15.4 Å². The van der Waals surface area contributed by atoms with E-state index in [4.69, 9.17) is 16.3 Å². The number of ether oxygens (including phenoxy) is 1. The van der Waals surface area contributed by atoms with Crippen LogP contribution >= 0.6 is 23.4 Å². The van der Waals surface area contributed by atoms with E-state index in [1.807, 2.05) is 18.2 Å². The maximum atomic E-state index is 11.8. The van der Waals surface area contributed by atoms with Crippen LogP contribution in [-0.2, 0) is 14.3 Å². The van der Waals surface area contributed by atoms with Gasteiger partial charge in [-0.15, -0.1) is 11.8 Å². The van der Waals surface area contributed by atoms with E-state index < -0.39 is 11.9 Å². The van der Waals surface area contributed by atoms with Gasteiger partial charge >= 0.3 is 5.97 Å². The molecule has 2 amide bonds. The van der Waals surface area contributed by atoms with Gasteiger partial charge in [0.15, 0.2) is 6.61 Å². The van der Waals surface area contributed by atoms with Gasteiger partial charge in [0.05, 0.1) is 11.4 Å². The Bertz CT molecular complexity index is 812. The minimum atomic E-state index is -0.459. The van der Waals surface area contributed by atoms with Gasteiger partial charge in [-0.1, -0.05) is 23.7 Å². The molecule has 0 unspecified atom stereocenters. The molecule has 142 valence electrons. The maximum absolute atomic E-state index is 11.8. The molecule has 2 aromatic rings. The summed E-state index contributed by atoms with van der Waals surface area (Å²) in [5.74, 6) is -0.614. The van der Waals surface area contributed by atoms with Crippen LogP contribution in [0.3, 0.4) is 0 Å². The van der Waals surface area contributed by atoms with Crippen LogP contribution in [0.1, 0.15) is 16.8 Å². The van der Waals surface area contributed by atoms with E-state index in [0.29, 0.717) is 22.0 Å². The largest absolute Gasteiger partial charge is 0.456 e. The summed E-state index contributed by atoms with van der Waals surface area (Å²) in [4.78, 5) is 35.9. The van der Waals surface area contributed by atoms with Crippen LogP contribution in [0.2, 0.25) is 5.02 Å². The predicted octanol–water partition coefficient (Wildman–Crippen LogP) is 3.36. The molecule has 0 saturated heterocycles. The minimum Gasteiger partial charge on any atom is -0.456 e. The third-order valence-corrected chi connectivity index (χ3v) is 4.94. The Kier molecular flexibility index (Phi) is 8.16. The lowest BCUT2D eigenvalue weighted by Gasteiger charge is -2.08. The summed E-state index contributed by atoms with van der Waals surface area (Å²) in [5, 5.41) is 5.75. The lowest BCUT2D eigenvalue weighted by molar-refractivity contribution is -0.146. The quantitative estimate of drug-likeness (QED) is 0.518. The smallest absolute Gasteiger partial charge is 0.307 e. The topological polar surface area (TPSA) is 84.5 Å². The standard InChI is InChI=1S/C19H19ClN2O4S/c1-21-19(25)13-6-8-14(9-7-13)22-17(23)12-26-18(24)10-11-27-16-5-3-2-4-15(16)20/h2-9H,10-12H2,1H3,(H,21,25)(H,22,23). The summed E-state index contributed by atoms with van der Waals surface area (Å²) in [6.45, 7) is -0.368. The van der Waals surface area contributed by atoms with Crippen molar-refractivity contribution in [1.29, 1.82) is 0 Å². The average molecular weight is 407 g/mol. The number of halogens is 1. The highest BCUT2D eigenvalue weighted by atomic mass is 35.5. The number of thioether (sulfide) groups is 1. The van der Waals surface area contributed by atoms with Gasteiger partial charge in [-0.3, -0.25) is 14.4 Å². The molecule has 8 heteroatoms. The first-order valence-corrected chi connectivity index (χ1v) is 9.51. The molecule has 2 N–H and O–H groups in total. The third-order valence-electron chi connectivity index (χ3n) is 3.42. The molecule has 0 aliphatic heterocycles. The second-order valence-electron chi connectivity index (χ2n) is 5.39. The Morgan fingerprint density at radius 2 is 1.78 bits per heavy atom. The number of esters is 1. The minimum absolute atomic E-state index is 0.171. The first kappa shape index (κ1) is 20.8. The highest BCUT2D eigenvalue weighted by Crippen LogP contribution is 2.26. The summed E-state index contributed by atoms with van der Waals surface area (Å²) in [7, 11) is 1.54. The summed E-state index contributed by atoms with van der Waals surface area (Å²) >= 11 is 7.49. The first-order chi connectivity index (χ1) is 13.0. The number of hydrogen-bond acceptors (Lipinski definition) is 5. The molecule has 0 spiro atoms. The molecule has 27 heavy (non-hydrogen) atoms. The molecule has 0 fully saturated rings. The molecule has 0 saturated carbocycles. The van der Waals surface area contributed by atoms with Crippen molar-refractivity contribution in [3.8, 4) is 0 Å². The Morgan fingerprint density at radius 1 is 1.07 bits per heavy atom. The number of hydrogen-bond donors (Lipinski definition) is 2. The van der Waals surface area contributed by atoms with Crippen molar-refractivity contribution in [2.24, 2.45) is 0 Å². The van der Waals surface area contributed by atoms with Gasteiger partial charge in [0.2, 0.25) is 0 Å². The molecule has 0 aromatic heterocycles. The number of anilines is 1. The van der Waals surface area contributed by atoms with Crippen LogP contribution in [0, 0.1) is 0 Å². The van der Waals surface area contributed by atoms with Gasteiger partial charge in [-0.05, 0) is 36.4 Å². The summed E-state index contributed by atoms with van der Waals surface area (Å²) in [6, 6.07) is 13.8. The van der Waals surface area contributed by atoms with Crippen molar-refractivity contribution >= 4 is 46.8 Å². The van der Waals surface area contributed by atoms with E-state index in [9.17, 15) is 14.4 Å². The van der Waals surface area contributed by atoms with Crippen LogP contribution in [0.4, 0.5) is 5.69 Å². The lowest BCUT2D eigenvalue weighted by atomic mass is 10.2. The van der Waals surface area contributed by atoms with E-state index in [-0.39, 0.29) is 18.9 Å². The normalized spacial score (nSPS) is 10.1. The van der Waals surface area contributed by atoms with Crippen LogP contribution in [-0.4, -0.2) is 37.2 Å². The number of carbonyl (C=O) groups is 3. The number of carbonyl (C=O) groups excluding carboxylic acids is 3. The van der Waals surface area contributed by atoms with Crippen LogP contribution in [0.25, 0.3) is 0 Å². The van der Waals surface area contributed by atoms with Crippen molar-refractivity contribution in [3.05, 3.63) is 59.1 Å². The third kappa shape index (κ3) is 6.96. The SMILES string of the molecule is CNC(=O)c1ccc(NC(=O)COC(=O)CCSc2ccccc2Cl)cc1. The monoisotopic (exact) mass is 406 g/mol. The van der Waals surface area contributed by atoms with Crippen molar-refractivity contribution < 1.29 is 19.1 Å². The second kappa shape index (κ2) is 10.6. The Morgan fingerprint density at radius 3 is 2.44 bits per heavy atom. The van der Waals surface area contributed by atoms with E-state index in [1.54, 1.807) is 37.4 Å². The van der Waals surface area contributed by atoms with E-state index in [2.05, 4.69) is 10.6 Å². The Hall–Kier alpha value is -2.51. The van der Waals surface area contributed by atoms with Gasteiger partial charge in [0.1, 0.15) is 0 Å². The van der Waals surface area contributed by atoms with Crippen LogP contribution in [0.15, 0.2) is 53.4 Å². The maximum Gasteiger partial charge on any atom is 0.307 e. The molecular weight excluding hydrogens is 388 g/mol. The predicted molar refractivity (Wildman–Crippen MR) is 106 cm³/mol. The zero-order valence-electron chi connectivity index (χ0n) is 14.7.